The first-order valence-electron chi connectivity index (χ1n) is 4.59. The van der Waals surface area contributed by atoms with Crippen LogP contribution in [0.3, 0.4) is 0 Å². The van der Waals surface area contributed by atoms with Gasteiger partial charge in [0.1, 0.15) is 0 Å². The quantitative estimate of drug-likeness (QED) is 0.695. The number of hydrogen-bond donors (Lipinski definition) is 1. The van der Waals surface area contributed by atoms with Gasteiger partial charge in [-0.1, -0.05) is 25.1 Å². The molecule has 0 aliphatic carbocycles. The summed E-state index contributed by atoms with van der Waals surface area (Å²) in [6.45, 7) is 7.81. The number of nitrogens with zero attached hydrogens (tertiary/aromatic N) is 1. The molecule has 13 heavy (non-hydrogen) atoms. The minimum atomic E-state index is 0.868. The summed E-state index contributed by atoms with van der Waals surface area (Å²) < 4.78 is 0. The Kier molecular flexibility index (Phi) is 4.19. The molecule has 1 aromatic rings. The second-order valence-corrected chi connectivity index (χ2v) is 3.07. The van der Waals surface area contributed by atoms with Crippen molar-refractivity contribution in [3.05, 3.63) is 42.2 Å². The second-order valence-electron chi connectivity index (χ2n) is 3.07. The summed E-state index contributed by atoms with van der Waals surface area (Å²) in [4.78, 5) is 4.04. The number of hydrogen-bond acceptors (Lipinski definition) is 2. The highest BCUT2D eigenvalue weighted by molar-refractivity contribution is 5.08. The predicted molar refractivity (Wildman–Crippen MR) is 55.4 cm³/mol. The van der Waals surface area contributed by atoms with Crippen molar-refractivity contribution in [3.63, 3.8) is 0 Å². The van der Waals surface area contributed by atoms with E-state index in [1.54, 1.807) is 6.20 Å². The molecule has 0 aromatic carbocycles. The first-order chi connectivity index (χ1) is 6.33. The van der Waals surface area contributed by atoms with Crippen LogP contribution in [0.1, 0.15) is 18.9 Å². The molecule has 1 aromatic heterocycles. The Hall–Kier alpha value is -1.15. The molecular weight excluding hydrogens is 160 g/mol. The molecule has 0 saturated heterocycles. The number of nitrogens with one attached hydrogen (secondary N) is 1. The fourth-order valence-corrected chi connectivity index (χ4v) is 1.01. The highest BCUT2D eigenvalue weighted by Gasteiger charge is 1.92. The Bertz CT molecular complexity index is 254. The summed E-state index contributed by atoms with van der Waals surface area (Å²) in [6, 6.07) is 4.01. The van der Waals surface area contributed by atoms with E-state index >= 15 is 0 Å². The van der Waals surface area contributed by atoms with E-state index in [9.17, 15) is 0 Å². The van der Waals surface area contributed by atoms with Gasteiger partial charge >= 0.3 is 0 Å². The topological polar surface area (TPSA) is 24.9 Å². The average molecular weight is 176 g/mol. The molecule has 0 amide bonds. The smallest absolute Gasteiger partial charge is 0.0312 e. The monoisotopic (exact) mass is 176 g/mol. The molecule has 0 unspecified atom stereocenters. The first-order valence-corrected chi connectivity index (χ1v) is 4.59. The molecule has 0 atom stereocenters. The van der Waals surface area contributed by atoms with E-state index in [-0.39, 0.29) is 0 Å². The Morgan fingerprint density at radius 1 is 1.62 bits per heavy atom. The van der Waals surface area contributed by atoms with Crippen LogP contribution in [0.15, 0.2) is 36.7 Å². The highest BCUT2D eigenvalue weighted by Crippen LogP contribution is 1.97. The Morgan fingerprint density at radius 2 is 2.46 bits per heavy atom. The summed E-state index contributed by atoms with van der Waals surface area (Å²) in [5.41, 5.74) is 2.45. The fraction of sp³-hybridized carbons (Fsp3) is 0.364. The lowest BCUT2D eigenvalue weighted by Crippen LogP contribution is -2.15. The van der Waals surface area contributed by atoms with Gasteiger partial charge in [-0.2, -0.15) is 0 Å². The van der Waals surface area contributed by atoms with E-state index in [2.05, 4.69) is 29.9 Å². The van der Waals surface area contributed by atoms with Crippen molar-refractivity contribution < 1.29 is 0 Å². The van der Waals surface area contributed by atoms with Crippen molar-refractivity contribution in [1.29, 1.82) is 0 Å². The third-order valence-corrected chi connectivity index (χ3v) is 1.93. The summed E-state index contributed by atoms with van der Waals surface area (Å²) in [6.07, 6.45) is 4.70. The molecule has 0 bridgehead atoms. The zero-order chi connectivity index (χ0) is 9.52. The molecule has 2 nitrogen and oxygen atoms in total. The van der Waals surface area contributed by atoms with Gasteiger partial charge in [0.15, 0.2) is 0 Å². The molecule has 1 heterocycles. The lowest BCUT2D eigenvalue weighted by molar-refractivity contribution is 0.725. The second kappa shape index (κ2) is 5.49. The fourth-order valence-electron chi connectivity index (χ4n) is 1.01. The van der Waals surface area contributed by atoms with Crippen molar-refractivity contribution in [2.45, 2.75) is 19.9 Å². The van der Waals surface area contributed by atoms with E-state index in [0.717, 1.165) is 19.5 Å². The standard InChI is InChI=1S/C11H16N2/c1-3-10(2)7-13-9-11-5-4-6-12-8-11/h4-6,8,13H,2-3,7,9H2,1H3. The van der Waals surface area contributed by atoms with Gasteiger partial charge in [0, 0.05) is 25.5 Å². The van der Waals surface area contributed by atoms with Crippen LogP contribution in [-0.4, -0.2) is 11.5 Å². The summed E-state index contributed by atoms with van der Waals surface area (Å²) in [5, 5.41) is 3.31. The molecule has 0 aliphatic heterocycles. The largest absolute Gasteiger partial charge is 0.309 e. The van der Waals surface area contributed by atoms with Gasteiger partial charge in [0.05, 0.1) is 0 Å². The molecule has 0 spiro atoms. The van der Waals surface area contributed by atoms with Crippen LogP contribution < -0.4 is 5.32 Å². The van der Waals surface area contributed by atoms with E-state index in [1.165, 1.54) is 11.1 Å². The van der Waals surface area contributed by atoms with Crippen LogP contribution in [0.25, 0.3) is 0 Å². The van der Waals surface area contributed by atoms with E-state index < -0.39 is 0 Å². The van der Waals surface area contributed by atoms with Crippen molar-refractivity contribution >= 4 is 0 Å². The van der Waals surface area contributed by atoms with Gasteiger partial charge < -0.3 is 5.32 Å². The van der Waals surface area contributed by atoms with Crippen molar-refractivity contribution in [2.24, 2.45) is 0 Å². The average Bonchev–Trinajstić information content (AvgIpc) is 2.19. The van der Waals surface area contributed by atoms with Crippen LogP contribution in [-0.2, 0) is 6.54 Å². The highest BCUT2D eigenvalue weighted by atomic mass is 14.8. The molecule has 1 rings (SSSR count). The first kappa shape index (κ1) is 9.93. The zero-order valence-electron chi connectivity index (χ0n) is 8.09. The Morgan fingerprint density at radius 3 is 3.08 bits per heavy atom. The maximum atomic E-state index is 4.04. The third-order valence-electron chi connectivity index (χ3n) is 1.93. The normalized spacial score (nSPS) is 9.92. The number of aromatic nitrogens is 1. The van der Waals surface area contributed by atoms with E-state index in [0.29, 0.717) is 0 Å². The molecule has 2 heteroatoms. The predicted octanol–water partition coefficient (Wildman–Crippen LogP) is 2.14. The van der Waals surface area contributed by atoms with Crippen molar-refractivity contribution in [1.82, 2.24) is 10.3 Å². The van der Waals surface area contributed by atoms with Crippen LogP contribution in [0.2, 0.25) is 0 Å². The van der Waals surface area contributed by atoms with Crippen molar-refractivity contribution in [2.75, 3.05) is 6.54 Å². The summed E-state index contributed by atoms with van der Waals surface area (Å²) in [5.74, 6) is 0. The molecular formula is C11H16N2. The van der Waals surface area contributed by atoms with Crippen LogP contribution in [0, 0.1) is 0 Å². The summed E-state index contributed by atoms with van der Waals surface area (Å²) in [7, 11) is 0. The Labute approximate surface area is 79.7 Å². The maximum absolute atomic E-state index is 4.04. The van der Waals surface area contributed by atoms with Crippen LogP contribution >= 0.6 is 0 Å². The third kappa shape index (κ3) is 3.85. The molecule has 0 saturated carbocycles. The molecule has 0 aliphatic rings. The van der Waals surface area contributed by atoms with Gasteiger partial charge in [0.25, 0.3) is 0 Å². The minimum Gasteiger partial charge on any atom is -0.309 e. The lowest BCUT2D eigenvalue weighted by atomic mass is 10.2. The number of rotatable bonds is 5. The van der Waals surface area contributed by atoms with E-state index in [4.69, 9.17) is 0 Å². The maximum Gasteiger partial charge on any atom is 0.0312 e. The summed E-state index contributed by atoms with van der Waals surface area (Å²) >= 11 is 0. The Balaban J connectivity index is 2.24. The number of pyridine rings is 1. The van der Waals surface area contributed by atoms with Gasteiger partial charge in [-0.15, -0.1) is 0 Å². The van der Waals surface area contributed by atoms with Crippen LogP contribution in [0.5, 0.6) is 0 Å². The van der Waals surface area contributed by atoms with Gasteiger partial charge in [-0.05, 0) is 18.1 Å². The zero-order valence-corrected chi connectivity index (χ0v) is 8.09. The molecule has 0 radical (unpaired) electrons. The molecule has 70 valence electrons. The SMILES string of the molecule is C=C(CC)CNCc1cccnc1. The van der Waals surface area contributed by atoms with Gasteiger partial charge in [-0.3, -0.25) is 4.98 Å². The molecule has 0 fully saturated rings. The van der Waals surface area contributed by atoms with Crippen LogP contribution in [0.4, 0.5) is 0 Å². The lowest BCUT2D eigenvalue weighted by Gasteiger charge is -2.04. The minimum absolute atomic E-state index is 0.868. The van der Waals surface area contributed by atoms with E-state index in [1.807, 2.05) is 12.3 Å². The van der Waals surface area contributed by atoms with Gasteiger partial charge in [-0.25, -0.2) is 0 Å². The van der Waals surface area contributed by atoms with Gasteiger partial charge in [0.2, 0.25) is 0 Å². The molecule has 1 N–H and O–H groups in total. The van der Waals surface area contributed by atoms with Crippen molar-refractivity contribution in [3.8, 4) is 0 Å².